The van der Waals surface area contributed by atoms with E-state index in [2.05, 4.69) is 18.8 Å². The van der Waals surface area contributed by atoms with Gasteiger partial charge in [0.05, 0.1) is 18.2 Å². The first-order chi connectivity index (χ1) is 18.4. The maximum Gasteiger partial charge on any atom is 0.237 e. The molecule has 2 aromatic rings. The van der Waals surface area contributed by atoms with Gasteiger partial charge in [-0.1, -0.05) is 48.6 Å². The van der Waals surface area contributed by atoms with Gasteiger partial charge in [-0.3, -0.25) is 19.3 Å². The minimum Gasteiger partial charge on any atom is -0.378 e. The van der Waals surface area contributed by atoms with Crippen LogP contribution in [-0.4, -0.2) is 24.1 Å². The Hall–Kier alpha value is -3.21. The first-order valence-electron chi connectivity index (χ1n) is 14.3. The summed E-state index contributed by atoms with van der Waals surface area (Å²) in [5, 5.41) is 3.38. The number of anilines is 2. The van der Waals surface area contributed by atoms with Crippen LogP contribution in [-0.2, 0) is 14.4 Å². The minimum absolute atomic E-state index is 0.0194. The molecule has 0 aromatic heterocycles. The molecule has 7 rings (SSSR count). The Kier molecular flexibility index (Phi) is 5.44. The highest BCUT2D eigenvalue weighted by molar-refractivity contribution is 6.21. The molecule has 1 saturated heterocycles. The van der Waals surface area contributed by atoms with Gasteiger partial charge in [0.1, 0.15) is 0 Å². The van der Waals surface area contributed by atoms with Gasteiger partial charge >= 0.3 is 0 Å². The van der Waals surface area contributed by atoms with E-state index in [1.807, 2.05) is 60.7 Å². The third kappa shape index (κ3) is 3.40. The molecule has 9 atom stereocenters. The minimum atomic E-state index is -0.298. The van der Waals surface area contributed by atoms with Crippen molar-refractivity contribution < 1.29 is 14.4 Å². The van der Waals surface area contributed by atoms with E-state index >= 15 is 0 Å². The summed E-state index contributed by atoms with van der Waals surface area (Å²) in [4.78, 5) is 42.5. The number of rotatable bonds is 7. The van der Waals surface area contributed by atoms with Crippen LogP contribution in [0, 0.1) is 52.8 Å². The normalized spacial score (nSPS) is 38.6. The SMILES string of the molecule is C=C(C)C1CC(C2CC(=O)N(c3ccccc3)C2=O)C2[C@@H]3CCC4CC4C23C1C(=O)CNc1ccccc1. The number of fused-ring (bicyclic) bond motifs is 2. The van der Waals surface area contributed by atoms with Gasteiger partial charge in [-0.15, -0.1) is 0 Å². The van der Waals surface area contributed by atoms with Crippen molar-refractivity contribution in [2.24, 2.45) is 52.8 Å². The first kappa shape index (κ1) is 23.9. The molecule has 0 bridgehead atoms. The highest BCUT2D eigenvalue weighted by Gasteiger charge is 2.82. The summed E-state index contributed by atoms with van der Waals surface area (Å²) in [5.41, 5.74) is 2.66. The molecule has 5 nitrogen and oxygen atoms in total. The Morgan fingerprint density at radius 2 is 1.71 bits per heavy atom. The van der Waals surface area contributed by atoms with Crippen LogP contribution in [0.3, 0.4) is 0 Å². The monoisotopic (exact) mass is 508 g/mol. The van der Waals surface area contributed by atoms with E-state index in [0.717, 1.165) is 30.0 Å². The van der Waals surface area contributed by atoms with Crippen LogP contribution in [0.4, 0.5) is 11.4 Å². The quantitative estimate of drug-likeness (QED) is 0.383. The number of hydrogen-bond donors (Lipinski definition) is 1. The van der Waals surface area contributed by atoms with Crippen molar-refractivity contribution in [2.75, 3.05) is 16.8 Å². The zero-order chi connectivity index (χ0) is 26.2. The molecule has 0 radical (unpaired) electrons. The van der Waals surface area contributed by atoms with E-state index in [4.69, 9.17) is 0 Å². The van der Waals surface area contributed by atoms with E-state index < -0.39 is 0 Å². The van der Waals surface area contributed by atoms with Crippen LogP contribution in [0.5, 0.6) is 0 Å². The second-order valence-corrected chi connectivity index (χ2v) is 12.5. The standard InChI is InChI=1S/C33H36N2O3/c1-19(2)23-16-24(25-17-29(37)35(32(25)38)22-11-7-4-8-12-22)30-26-14-13-20-15-27(20)33(26,30)31(23)28(36)18-34-21-9-5-3-6-10-21/h3-12,20,23-27,30-31,34H,1,13-18H2,2H3/t20?,23?,24?,25?,26-,27?,30?,31?,33?/m0/s1. The smallest absolute Gasteiger partial charge is 0.237 e. The van der Waals surface area contributed by atoms with Crippen molar-refractivity contribution in [3.63, 3.8) is 0 Å². The lowest BCUT2D eigenvalue weighted by Gasteiger charge is -2.44. The van der Waals surface area contributed by atoms with Gasteiger partial charge < -0.3 is 5.32 Å². The number of hydrogen-bond acceptors (Lipinski definition) is 4. The van der Waals surface area contributed by atoms with Gasteiger partial charge in [0.25, 0.3) is 0 Å². The maximum atomic E-state index is 14.1. The van der Waals surface area contributed by atoms with Crippen molar-refractivity contribution in [1.29, 1.82) is 0 Å². The van der Waals surface area contributed by atoms with Crippen LogP contribution in [0.25, 0.3) is 0 Å². The number of ketones is 1. The molecule has 4 saturated carbocycles. The van der Waals surface area contributed by atoms with Crippen molar-refractivity contribution in [3.8, 4) is 0 Å². The maximum absolute atomic E-state index is 14.1. The Morgan fingerprint density at radius 1 is 1.00 bits per heavy atom. The largest absolute Gasteiger partial charge is 0.378 e. The predicted molar refractivity (Wildman–Crippen MR) is 147 cm³/mol. The number of carbonyl (C=O) groups excluding carboxylic acids is 3. The van der Waals surface area contributed by atoms with Crippen molar-refractivity contribution in [2.45, 2.75) is 39.0 Å². The average molecular weight is 509 g/mol. The summed E-state index contributed by atoms with van der Waals surface area (Å²) >= 11 is 0. The summed E-state index contributed by atoms with van der Waals surface area (Å²) in [6, 6.07) is 19.3. The Bertz CT molecular complexity index is 1310. The Morgan fingerprint density at radius 3 is 2.42 bits per heavy atom. The van der Waals surface area contributed by atoms with Gasteiger partial charge in [-0.05, 0) is 97.8 Å². The number of para-hydroxylation sites is 2. The number of Topliss-reactive ketones (excluding diaryl/α,β-unsaturated/α-hetero) is 1. The molecular formula is C33H36N2O3. The molecule has 8 unspecified atom stereocenters. The summed E-state index contributed by atoms with van der Waals surface area (Å²) < 4.78 is 0. The van der Waals surface area contributed by atoms with Crippen LogP contribution in [0.15, 0.2) is 72.8 Å². The zero-order valence-corrected chi connectivity index (χ0v) is 22.0. The number of nitrogens with one attached hydrogen (secondary N) is 1. The second kappa shape index (κ2) is 8.65. The van der Waals surface area contributed by atoms with Crippen LogP contribution < -0.4 is 10.2 Å². The van der Waals surface area contributed by atoms with E-state index in [9.17, 15) is 14.4 Å². The van der Waals surface area contributed by atoms with Crippen LogP contribution >= 0.6 is 0 Å². The molecule has 5 fully saturated rings. The number of allylic oxidation sites excluding steroid dienone is 1. The summed E-state index contributed by atoms with van der Waals surface area (Å²) in [5.74, 6) is 2.15. The van der Waals surface area contributed by atoms with Gasteiger partial charge in [0.2, 0.25) is 11.8 Å². The van der Waals surface area contributed by atoms with Crippen molar-refractivity contribution in [1.82, 2.24) is 0 Å². The summed E-state index contributed by atoms with van der Waals surface area (Å²) in [7, 11) is 0. The second-order valence-electron chi connectivity index (χ2n) is 12.5. The lowest BCUT2D eigenvalue weighted by molar-refractivity contribution is -0.129. The third-order valence-electron chi connectivity index (χ3n) is 10.8. The first-order valence-corrected chi connectivity index (χ1v) is 14.3. The molecule has 38 heavy (non-hydrogen) atoms. The Labute approximate surface area is 224 Å². The number of nitrogens with zero attached hydrogens (tertiary/aromatic N) is 1. The van der Waals surface area contributed by atoms with E-state index in [1.165, 1.54) is 17.7 Å². The fourth-order valence-electron chi connectivity index (χ4n) is 9.42. The zero-order valence-electron chi connectivity index (χ0n) is 22.0. The average Bonchev–Trinajstić information content (AvgIpc) is 3.82. The van der Waals surface area contributed by atoms with Crippen molar-refractivity contribution in [3.05, 3.63) is 72.8 Å². The lowest BCUT2D eigenvalue weighted by Crippen LogP contribution is -2.46. The molecule has 2 aromatic carbocycles. The molecule has 5 aliphatic rings. The molecule has 1 aliphatic heterocycles. The number of benzene rings is 2. The van der Waals surface area contributed by atoms with Gasteiger partial charge in [0, 0.05) is 18.0 Å². The van der Waals surface area contributed by atoms with Gasteiger partial charge in [0.15, 0.2) is 5.78 Å². The Balaban J connectivity index is 1.21. The van der Waals surface area contributed by atoms with Crippen molar-refractivity contribution >= 4 is 29.0 Å². The highest BCUT2D eigenvalue weighted by atomic mass is 16.2. The topological polar surface area (TPSA) is 66.5 Å². The number of amides is 2. The molecular weight excluding hydrogens is 472 g/mol. The lowest BCUT2D eigenvalue weighted by atomic mass is 9.59. The number of carbonyl (C=O) groups is 3. The van der Waals surface area contributed by atoms with E-state index in [1.54, 1.807) is 0 Å². The molecule has 2 amide bonds. The van der Waals surface area contributed by atoms with E-state index in [-0.39, 0.29) is 47.3 Å². The van der Waals surface area contributed by atoms with Gasteiger partial charge in [-0.2, -0.15) is 0 Å². The molecule has 1 N–H and O–H groups in total. The molecule has 1 heterocycles. The summed E-state index contributed by atoms with van der Waals surface area (Å²) in [6.07, 6.45) is 4.67. The van der Waals surface area contributed by atoms with Crippen LogP contribution in [0.2, 0.25) is 0 Å². The predicted octanol–water partition coefficient (Wildman–Crippen LogP) is 5.74. The molecule has 4 aliphatic carbocycles. The molecule has 1 spiro atoms. The molecule has 196 valence electrons. The number of imide groups is 1. The van der Waals surface area contributed by atoms with E-state index in [0.29, 0.717) is 35.8 Å². The molecule has 5 heteroatoms. The fraction of sp³-hybridized carbons (Fsp3) is 0.485. The van der Waals surface area contributed by atoms with Crippen LogP contribution in [0.1, 0.15) is 39.0 Å². The third-order valence-corrected chi connectivity index (χ3v) is 10.8. The fourth-order valence-corrected chi connectivity index (χ4v) is 9.42. The summed E-state index contributed by atoms with van der Waals surface area (Å²) in [6.45, 7) is 6.76. The highest BCUT2D eigenvalue weighted by Crippen LogP contribution is 2.85. The van der Waals surface area contributed by atoms with Gasteiger partial charge in [-0.25, -0.2) is 0 Å².